The fraction of sp³-hybridized carbons (Fsp3) is 0.133. The van der Waals surface area contributed by atoms with E-state index in [2.05, 4.69) is 10.3 Å². The fourth-order valence-corrected chi connectivity index (χ4v) is 4.58. The van der Waals surface area contributed by atoms with Crippen molar-refractivity contribution in [3.63, 3.8) is 0 Å². The third kappa shape index (κ3) is 4.83. The number of nitrogens with zero attached hydrogens (tertiary/aromatic N) is 3. The number of carbonyl (C=O) groups excluding carboxylic acids is 1. The van der Waals surface area contributed by atoms with Gasteiger partial charge in [0.25, 0.3) is 11.5 Å². The van der Waals surface area contributed by atoms with Gasteiger partial charge in [0.2, 0.25) is 0 Å². The number of benzene rings is 3. The minimum atomic E-state index is -0.937. The third-order valence-corrected chi connectivity index (χ3v) is 6.61. The van der Waals surface area contributed by atoms with Crippen LogP contribution in [0.15, 0.2) is 82.6 Å². The van der Waals surface area contributed by atoms with E-state index < -0.39 is 34.4 Å². The number of halogens is 2. The van der Waals surface area contributed by atoms with Crippen molar-refractivity contribution in [3.05, 3.63) is 111 Å². The lowest BCUT2D eigenvalue weighted by molar-refractivity contribution is 0.102. The number of carbonyl (C=O) groups is 1. The van der Waals surface area contributed by atoms with E-state index in [-0.39, 0.29) is 23.7 Å². The number of ether oxygens (including phenoxy) is 3. The number of hydrogen-bond acceptors (Lipinski definition) is 7. The summed E-state index contributed by atoms with van der Waals surface area (Å²) in [6.07, 6.45) is 2.66. The van der Waals surface area contributed by atoms with Crippen LogP contribution in [0, 0.1) is 11.6 Å². The molecule has 2 aromatic heterocycles. The standard InChI is InChI=1S/C30H22F2N4O6/c1-2-35-16-20(29(38)36(30(35)39)18-5-3-17(31)4-6-18)28(37)34-22-8-7-19(15-21(22)32)42-24-11-12-33-23-9-10-25-27(26(23)24)41-14-13-40-25/h3-12,15-16H,2,13-14H2,1H3,(H,34,37). The monoisotopic (exact) mass is 572 g/mol. The Morgan fingerprint density at radius 1 is 1.02 bits per heavy atom. The normalized spacial score (nSPS) is 12.3. The van der Waals surface area contributed by atoms with E-state index >= 15 is 4.39 Å². The average Bonchev–Trinajstić information content (AvgIpc) is 2.99. The van der Waals surface area contributed by atoms with Gasteiger partial charge in [0.15, 0.2) is 11.5 Å². The van der Waals surface area contributed by atoms with Gasteiger partial charge in [-0.25, -0.2) is 18.1 Å². The van der Waals surface area contributed by atoms with Crippen molar-refractivity contribution in [2.45, 2.75) is 13.5 Å². The number of rotatable bonds is 6. The van der Waals surface area contributed by atoms with E-state index in [0.29, 0.717) is 41.4 Å². The predicted octanol–water partition coefficient (Wildman–Crippen LogP) is 4.66. The minimum Gasteiger partial charge on any atom is -0.486 e. The van der Waals surface area contributed by atoms with Crippen LogP contribution in [-0.2, 0) is 6.54 Å². The largest absolute Gasteiger partial charge is 0.486 e. The number of aromatic nitrogens is 3. The van der Waals surface area contributed by atoms with E-state index in [1.807, 2.05) is 0 Å². The highest BCUT2D eigenvalue weighted by Crippen LogP contribution is 2.42. The summed E-state index contributed by atoms with van der Waals surface area (Å²) in [5, 5.41) is 2.95. The molecular formula is C30H22F2N4O6. The molecule has 42 heavy (non-hydrogen) atoms. The Hall–Kier alpha value is -5.52. The Kier molecular flexibility index (Phi) is 6.87. The molecule has 0 unspecified atom stereocenters. The molecule has 0 saturated heterocycles. The van der Waals surface area contributed by atoms with Gasteiger partial charge < -0.3 is 19.5 Å². The molecule has 0 saturated carbocycles. The molecule has 0 aliphatic carbocycles. The summed E-state index contributed by atoms with van der Waals surface area (Å²) in [6.45, 7) is 2.56. The maximum atomic E-state index is 15.2. The molecule has 3 aromatic carbocycles. The van der Waals surface area contributed by atoms with Gasteiger partial charge in [0.1, 0.15) is 41.9 Å². The van der Waals surface area contributed by atoms with Gasteiger partial charge in [-0.1, -0.05) is 0 Å². The van der Waals surface area contributed by atoms with Crippen LogP contribution >= 0.6 is 0 Å². The van der Waals surface area contributed by atoms with Crippen LogP contribution in [0.3, 0.4) is 0 Å². The Labute approximate surface area is 236 Å². The smallest absolute Gasteiger partial charge is 0.335 e. The number of amides is 1. The highest BCUT2D eigenvalue weighted by molar-refractivity contribution is 6.04. The maximum Gasteiger partial charge on any atom is 0.335 e. The molecule has 10 nitrogen and oxygen atoms in total. The minimum absolute atomic E-state index is 0.0813. The van der Waals surface area contributed by atoms with Crippen molar-refractivity contribution < 1.29 is 27.8 Å². The van der Waals surface area contributed by atoms with Crippen LogP contribution in [0.1, 0.15) is 17.3 Å². The van der Waals surface area contributed by atoms with Crippen LogP contribution in [0.2, 0.25) is 0 Å². The molecule has 1 amide bonds. The van der Waals surface area contributed by atoms with Gasteiger partial charge in [-0.15, -0.1) is 0 Å². The van der Waals surface area contributed by atoms with Gasteiger partial charge in [0, 0.05) is 25.0 Å². The molecule has 0 bridgehead atoms. The number of anilines is 1. The van der Waals surface area contributed by atoms with Crippen LogP contribution < -0.4 is 30.8 Å². The van der Waals surface area contributed by atoms with E-state index in [0.717, 1.165) is 33.5 Å². The molecule has 6 rings (SSSR count). The first-order chi connectivity index (χ1) is 20.3. The summed E-state index contributed by atoms with van der Waals surface area (Å²) in [4.78, 5) is 43.5. The lowest BCUT2D eigenvalue weighted by Crippen LogP contribution is -2.42. The molecule has 1 N–H and O–H groups in total. The zero-order valence-corrected chi connectivity index (χ0v) is 22.1. The SMILES string of the molecule is CCn1cc(C(=O)Nc2ccc(Oc3ccnc4ccc5c(c34)OCCO5)cc2F)c(=O)n(-c2ccc(F)cc2)c1=O. The van der Waals surface area contributed by atoms with E-state index in [9.17, 15) is 18.8 Å². The van der Waals surface area contributed by atoms with Gasteiger partial charge in [-0.05, 0) is 61.5 Å². The zero-order chi connectivity index (χ0) is 29.4. The van der Waals surface area contributed by atoms with Gasteiger partial charge in [0.05, 0.1) is 22.3 Å². The Bertz CT molecular complexity index is 1970. The van der Waals surface area contributed by atoms with Crippen LogP contribution in [0.4, 0.5) is 14.5 Å². The van der Waals surface area contributed by atoms with Gasteiger partial charge >= 0.3 is 5.69 Å². The summed E-state index contributed by atoms with van der Waals surface area (Å²) in [5.41, 5.74) is -1.59. The molecule has 1 aliphatic rings. The first kappa shape index (κ1) is 26.7. The van der Waals surface area contributed by atoms with Crippen molar-refractivity contribution in [3.8, 4) is 28.7 Å². The third-order valence-electron chi connectivity index (χ3n) is 6.61. The highest BCUT2D eigenvalue weighted by Gasteiger charge is 2.21. The van der Waals surface area contributed by atoms with E-state index in [4.69, 9.17) is 14.2 Å². The van der Waals surface area contributed by atoms with E-state index in [1.165, 1.54) is 24.3 Å². The Morgan fingerprint density at radius 2 is 1.81 bits per heavy atom. The quantitative estimate of drug-likeness (QED) is 0.315. The first-order valence-electron chi connectivity index (χ1n) is 12.9. The summed E-state index contributed by atoms with van der Waals surface area (Å²) < 4.78 is 47.9. The second kappa shape index (κ2) is 10.8. The van der Waals surface area contributed by atoms with Gasteiger partial charge in [-0.3, -0.25) is 19.1 Å². The predicted molar refractivity (Wildman–Crippen MR) is 149 cm³/mol. The van der Waals surface area contributed by atoms with E-state index in [1.54, 1.807) is 31.3 Å². The Morgan fingerprint density at radius 3 is 2.57 bits per heavy atom. The molecule has 0 atom stereocenters. The summed E-state index contributed by atoms with van der Waals surface area (Å²) >= 11 is 0. The first-order valence-corrected chi connectivity index (χ1v) is 12.9. The second-order valence-electron chi connectivity index (χ2n) is 9.22. The number of aryl methyl sites for hydroxylation is 1. The van der Waals surface area contributed by atoms with Crippen molar-refractivity contribution in [2.24, 2.45) is 0 Å². The zero-order valence-electron chi connectivity index (χ0n) is 22.1. The summed E-state index contributed by atoms with van der Waals surface area (Å²) in [6, 6.07) is 13.6. The topological polar surface area (TPSA) is 114 Å². The molecule has 1 aliphatic heterocycles. The highest BCUT2D eigenvalue weighted by atomic mass is 19.1. The summed E-state index contributed by atoms with van der Waals surface area (Å²) in [5.74, 6) is -0.807. The number of nitrogens with one attached hydrogen (secondary N) is 1. The molecule has 3 heterocycles. The summed E-state index contributed by atoms with van der Waals surface area (Å²) in [7, 11) is 0. The van der Waals surface area contributed by atoms with Crippen molar-refractivity contribution in [1.29, 1.82) is 0 Å². The molecule has 0 radical (unpaired) electrons. The lowest BCUT2D eigenvalue weighted by Gasteiger charge is -2.21. The van der Waals surface area contributed by atoms with Crippen LogP contribution in [-0.4, -0.2) is 33.2 Å². The molecule has 5 aromatic rings. The molecule has 0 spiro atoms. The molecular weight excluding hydrogens is 550 g/mol. The van der Waals surface area contributed by atoms with Crippen molar-refractivity contribution in [2.75, 3.05) is 18.5 Å². The Balaban J connectivity index is 1.30. The lowest BCUT2D eigenvalue weighted by atomic mass is 10.1. The molecule has 212 valence electrons. The maximum absolute atomic E-state index is 15.2. The van der Waals surface area contributed by atoms with Gasteiger partial charge in [-0.2, -0.15) is 0 Å². The molecule has 12 heteroatoms. The molecule has 0 fully saturated rings. The number of pyridine rings is 1. The van der Waals surface area contributed by atoms with Crippen molar-refractivity contribution >= 4 is 22.5 Å². The number of hydrogen-bond donors (Lipinski definition) is 1. The number of fused-ring (bicyclic) bond motifs is 3. The second-order valence-corrected chi connectivity index (χ2v) is 9.22. The van der Waals surface area contributed by atoms with Crippen LogP contribution in [0.5, 0.6) is 23.0 Å². The van der Waals surface area contributed by atoms with Crippen molar-refractivity contribution in [1.82, 2.24) is 14.1 Å². The fourth-order valence-electron chi connectivity index (χ4n) is 4.58. The average molecular weight is 573 g/mol. The van der Waals surface area contributed by atoms with Crippen LogP contribution in [0.25, 0.3) is 16.6 Å².